The van der Waals surface area contributed by atoms with Crippen molar-refractivity contribution < 1.29 is 4.79 Å². The van der Waals surface area contributed by atoms with Crippen LogP contribution in [0, 0.1) is 20.8 Å². The number of carbonyl (C=O) groups is 1. The molecule has 156 valence electrons. The van der Waals surface area contributed by atoms with Crippen molar-refractivity contribution in [2.75, 3.05) is 13.1 Å². The van der Waals surface area contributed by atoms with E-state index in [1.165, 1.54) is 0 Å². The van der Waals surface area contributed by atoms with Crippen molar-refractivity contribution in [3.8, 4) is 0 Å². The van der Waals surface area contributed by atoms with Crippen molar-refractivity contribution in [2.45, 2.75) is 50.4 Å². The van der Waals surface area contributed by atoms with Crippen LogP contribution in [0.2, 0.25) is 0 Å². The summed E-state index contributed by atoms with van der Waals surface area (Å²) in [5, 5.41) is 0.764. The number of piperidine rings is 1. The van der Waals surface area contributed by atoms with Crippen LogP contribution < -0.4 is 0 Å². The predicted octanol–water partition coefficient (Wildman–Crippen LogP) is 4.44. The summed E-state index contributed by atoms with van der Waals surface area (Å²) in [5.41, 5.74) is 5.89. The van der Waals surface area contributed by atoms with Crippen molar-refractivity contribution in [3.63, 3.8) is 0 Å². The van der Waals surface area contributed by atoms with E-state index in [9.17, 15) is 4.79 Å². The molecule has 0 aliphatic carbocycles. The summed E-state index contributed by atoms with van der Waals surface area (Å²) in [5.74, 6) is 1.06. The van der Waals surface area contributed by atoms with Crippen molar-refractivity contribution >= 4 is 17.7 Å². The molecular formula is C23H27N5OS. The smallest absolute Gasteiger partial charge is 0.270 e. The molecule has 1 unspecified atom stereocenters. The van der Waals surface area contributed by atoms with Gasteiger partial charge in [0.25, 0.3) is 5.91 Å². The van der Waals surface area contributed by atoms with Gasteiger partial charge in [-0.05, 0) is 62.9 Å². The molecular weight excluding hydrogens is 394 g/mol. The number of thioether (sulfide) groups is 1. The maximum atomic E-state index is 13.1. The van der Waals surface area contributed by atoms with Crippen LogP contribution in [0.25, 0.3) is 0 Å². The van der Waals surface area contributed by atoms with E-state index in [0.717, 1.165) is 58.5 Å². The Morgan fingerprint density at radius 3 is 2.83 bits per heavy atom. The minimum atomic E-state index is 0.0850. The Morgan fingerprint density at radius 2 is 2.10 bits per heavy atom. The van der Waals surface area contributed by atoms with Gasteiger partial charge in [-0.1, -0.05) is 17.8 Å². The third-order valence-corrected chi connectivity index (χ3v) is 6.42. The fraction of sp³-hybridized carbons (Fsp3) is 0.391. The maximum Gasteiger partial charge on any atom is 0.270 e. The Balaban J connectivity index is 1.48. The van der Waals surface area contributed by atoms with Crippen LogP contribution in [0.15, 0.2) is 41.8 Å². The number of aromatic amines is 1. The monoisotopic (exact) mass is 421 g/mol. The number of likely N-dealkylation sites (tertiary alicyclic amines) is 1. The first-order valence-corrected chi connectivity index (χ1v) is 11.3. The first-order valence-electron chi connectivity index (χ1n) is 10.3. The Morgan fingerprint density at radius 1 is 1.23 bits per heavy atom. The topological polar surface area (TPSA) is 74.8 Å². The molecule has 4 heterocycles. The van der Waals surface area contributed by atoms with Gasteiger partial charge in [-0.15, -0.1) is 0 Å². The van der Waals surface area contributed by atoms with E-state index in [4.69, 9.17) is 4.98 Å². The minimum absolute atomic E-state index is 0.0850. The van der Waals surface area contributed by atoms with Gasteiger partial charge < -0.3 is 9.88 Å². The van der Waals surface area contributed by atoms with Gasteiger partial charge in [0.15, 0.2) is 5.16 Å². The molecule has 6 nitrogen and oxygen atoms in total. The lowest BCUT2D eigenvalue weighted by molar-refractivity contribution is 0.0699. The molecule has 1 amide bonds. The van der Waals surface area contributed by atoms with Crippen LogP contribution in [0.5, 0.6) is 0 Å². The number of aryl methyl sites for hydroxylation is 3. The Labute approximate surface area is 181 Å². The molecule has 1 aliphatic rings. The third kappa shape index (κ3) is 4.56. The highest BCUT2D eigenvalue weighted by molar-refractivity contribution is 7.98. The van der Waals surface area contributed by atoms with E-state index < -0.39 is 0 Å². The van der Waals surface area contributed by atoms with Crippen LogP contribution >= 0.6 is 11.8 Å². The van der Waals surface area contributed by atoms with Crippen molar-refractivity contribution in [1.29, 1.82) is 0 Å². The molecule has 7 heteroatoms. The van der Waals surface area contributed by atoms with Crippen molar-refractivity contribution in [3.05, 3.63) is 70.6 Å². The molecule has 3 aromatic rings. The fourth-order valence-corrected chi connectivity index (χ4v) is 4.77. The number of aromatic nitrogens is 4. The van der Waals surface area contributed by atoms with Crippen molar-refractivity contribution in [2.24, 2.45) is 0 Å². The van der Waals surface area contributed by atoms with Gasteiger partial charge in [0.05, 0.1) is 11.4 Å². The number of nitrogens with one attached hydrogen (secondary N) is 1. The van der Waals surface area contributed by atoms with Crippen LogP contribution in [0.4, 0.5) is 0 Å². The first kappa shape index (κ1) is 20.6. The summed E-state index contributed by atoms with van der Waals surface area (Å²) in [4.78, 5) is 32.0. The molecule has 1 atom stereocenters. The number of H-pyrrole nitrogens is 1. The first-order chi connectivity index (χ1) is 14.5. The second kappa shape index (κ2) is 9.00. The van der Waals surface area contributed by atoms with Crippen LogP contribution in [-0.4, -0.2) is 43.8 Å². The van der Waals surface area contributed by atoms with E-state index in [0.29, 0.717) is 12.2 Å². The average Bonchev–Trinajstić information content (AvgIpc) is 3.11. The second-order valence-electron chi connectivity index (χ2n) is 7.93. The lowest BCUT2D eigenvalue weighted by atomic mass is 9.92. The molecule has 0 spiro atoms. The Bertz CT molecular complexity index is 1030. The van der Waals surface area contributed by atoms with Gasteiger partial charge in [0.2, 0.25) is 0 Å². The zero-order chi connectivity index (χ0) is 21.1. The molecule has 1 saturated heterocycles. The number of rotatable bonds is 5. The SMILES string of the molecule is Cc1cc(C)c(C(=O)N2CCCC(c3nc(SCc4ccccn4)ncc3C)C2)[nH]1. The summed E-state index contributed by atoms with van der Waals surface area (Å²) < 4.78 is 0. The largest absolute Gasteiger partial charge is 0.354 e. The number of pyridine rings is 1. The number of nitrogens with zero attached hydrogens (tertiary/aromatic N) is 4. The zero-order valence-corrected chi connectivity index (χ0v) is 18.5. The summed E-state index contributed by atoms with van der Waals surface area (Å²) in [6.07, 6.45) is 5.73. The summed E-state index contributed by atoms with van der Waals surface area (Å²) in [7, 11) is 0. The van der Waals surface area contributed by atoms with E-state index in [1.807, 2.05) is 49.2 Å². The normalized spacial score (nSPS) is 16.6. The Kier molecular flexibility index (Phi) is 6.18. The maximum absolute atomic E-state index is 13.1. The second-order valence-corrected chi connectivity index (χ2v) is 8.87. The quantitative estimate of drug-likeness (QED) is 0.487. The van der Waals surface area contributed by atoms with Gasteiger partial charge in [-0.25, -0.2) is 9.97 Å². The standard InChI is InChI=1S/C23H27N5OS/c1-15-11-17(3)26-21(15)22(29)28-10-6-7-18(13-28)20-16(2)12-25-23(27-20)30-14-19-8-4-5-9-24-19/h4-5,8-9,11-12,18,26H,6-7,10,13-14H2,1-3H3. The molecule has 1 fully saturated rings. The highest BCUT2D eigenvalue weighted by atomic mass is 32.2. The van der Waals surface area contributed by atoms with E-state index in [-0.39, 0.29) is 11.8 Å². The van der Waals surface area contributed by atoms with E-state index in [1.54, 1.807) is 18.0 Å². The molecule has 0 bridgehead atoms. The van der Waals surface area contributed by atoms with Crippen LogP contribution in [0.1, 0.15) is 57.5 Å². The van der Waals surface area contributed by atoms with E-state index in [2.05, 4.69) is 21.9 Å². The van der Waals surface area contributed by atoms with Gasteiger partial charge >= 0.3 is 0 Å². The lowest BCUT2D eigenvalue weighted by Gasteiger charge is -2.33. The van der Waals surface area contributed by atoms with E-state index >= 15 is 0 Å². The predicted molar refractivity (Wildman–Crippen MR) is 119 cm³/mol. The lowest BCUT2D eigenvalue weighted by Crippen LogP contribution is -2.40. The van der Waals surface area contributed by atoms with Crippen LogP contribution in [0.3, 0.4) is 0 Å². The number of carbonyl (C=O) groups excluding carboxylic acids is 1. The van der Waals surface area contributed by atoms with Crippen LogP contribution in [-0.2, 0) is 5.75 Å². The minimum Gasteiger partial charge on any atom is -0.354 e. The van der Waals surface area contributed by atoms with Gasteiger partial charge in [0.1, 0.15) is 5.69 Å². The molecule has 3 aromatic heterocycles. The van der Waals surface area contributed by atoms with Gasteiger partial charge in [0, 0.05) is 42.8 Å². The molecule has 30 heavy (non-hydrogen) atoms. The molecule has 0 saturated carbocycles. The molecule has 0 radical (unpaired) electrons. The van der Waals surface area contributed by atoms with Crippen molar-refractivity contribution in [1.82, 2.24) is 24.8 Å². The highest BCUT2D eigenvalue weighted by Crippen LogP contribution is 2.30. The molecule has 1 aliphatic heterocycles. The molecule has 0 aromatic carbocycles. The third-order valence-electron chi connectivity index (χ3n) is 5.52. The van der Waals surface area contributed by atoms with Gasteiger partial charge in [-0.2, -0.15) is 0 Å². The summed E-state index contributed by atoms with van der Waals surface area (Å²) >= 11 is 1.60. The molecule has 1 N–H and O–H groups in total. The zero-order valence-electron chi connectivity index (χ0n) is 17.7. The number of amides is 1. The average molecular weight is 422 g/mol. The number of hydrogen-bond acceptors (Lipinski definition) is 5. The summed E-state index contributed by atoms with van der Waals surface area (Å²) in [6.45, 7) is 7.51. The highest BCUT2D eigenvalue weighted by Gasteiger charge is 2.29. The number of hydrogen-bond donors (Lipinski definition) is 1. The molecule has 4 rings (SSSR count). The summed E-state index contributed by atoms with van der Waals surface area (Å²) in [6, 6.07) is 7.94. The fourth-order valence-electron chi connectivity index (χ4n) is 4.04. The Hall–Kier alpha value is -2.67. The van der Waals surface area contributed by atoms with Gasteiger partial charge in [-0.3, -0.25) is 9.78 Å².